The highest BCUT2D eigenvalue weighted by atomic mass is 16.6. The van der Waals surface area contributed by atoms with E-state index in [-0.39, 0.29) is 12.0 Å². The topological polar surface area (TPSA) is 72.9 Å². The van der Waals surface area contributed by atoms with Crippen LogP contribution in [0.5, 0.6) is 0 Å². The molecule has 2 atom stereocenters. The predicted molar refractivity (Wildman–Crippen MR) is 77.4 cm³/mol. The van der Waals surface area contributed by atoms with E-state index in [1.165, 1.54) is 0 Å². The van der Waals surface area contributed by atoms with Crippen molar-refractivity contribution in [1.29, 1.82) is 0 Å². The van der Waals surface area contributed by atoms with Crippen LogP contribution in [0.3, 0.4) is 0 Å². The number of esters is 2. The number of hydrogen-bond acceptors (Lipinski definition) is 5. The first-order chi connectivity index (χ1) is 10.5. The Balaban J connectivity index is 1.66. The number of carbonyl (C=O) groups is 3. The molecule has 0 bridgehead atoms. The second kappa shape index (κ2) is 5.79. The van der Waals surface area contributed by atoms with Gasteiger partial charge in [-0.15, -0.1) is 0 Å². The van der Waals surface area contributed by atoms with Crippen LogP contribution in [0.25, 0.3) is 0 Å². The van der Waals surface area contributed by atoms with Crippen molar-refractivity contribution in [1.82, 2.24) is 0 Å². The Morgan fingerprint density at radius 2 is 2.00 bits per heavy atom. The summed E-state index contributed by atoms with van der Waals surface area (Å²) in [7, 11) is 0. The van der Waals surface area contributed by atoms with Gasteiger partial charge in [-0.3, -0.25) is 4.79 Å². The molecule has 2 aliphatic heterocycles. The van der Waals surface area contributed by atoms with Crippen LogP contribution in [0, 0.1) is 0 Å². The first kappa shape index (κ1) is 14.6. The number of carbonyl (C=O) groups excluding carboxylic acids is 3. The Bertz CT molecular complexity index is 609. The molecule has 0 N–H and O–H groups in total. The minimum Gasteiger partial charge on any atom is -0.460 e. The molecule has 116 valence electrons. The third kappa shape index (κ3) is 2.81. The average molecular weight is 303 g/mol. The Morgan fingerprint density at radius 3 is 2.55 bits per heavy atom. The zero-order valence-electron chi connectivity index (χ0n) is 12.3. The summed E-state index contributed by atoms with van der Waals surface area (Å²) >= 11 is 0. The molecule has 2 saturated heterocycles. The first-order valence-electron chi connectivity index (χ1n) is 7.36. The molecule has 0 aromatic heterocycles. The molecule has 2 aliphatic rings. The summed E-state index contributed by atoms with van der Waals surface area (Å²) in [5.74, 6) is -0.964. The number of hydrogen-bond donors (Lipinski definition) is 0. The van der Waals surface area contributed by atoms with Crippen molar-refractivity contribution >= 4 is 23.5 Å². The summed E-state index contributed by atoms with van der Waals surface area (Å²) in [6, 6.07) is 6.64. The Morgan fingerprint density at radius 1 is 1.27 bits per heavy atom. The molecule has 1 amide bonds. The fraction of sp³-hybridized carbons (Fsp3) is 0.438. The van der Waals surface area contributed by atoms with E-state index < -0.39 is 18.0 Å². The van der Waals surface area contributed by atoms with Crippen molar-refractivity contribution in [2.75, 3.05) is 11.4 Å². The number of ether oxygens (including phenoxy) is 2. The molecular formula is C16H17NO5. The normalized spacial score (nSPS) is 24.5. The van der Waals surface area contributed by atoms with Gasteiger partial charge in [0.1, 0.15) is 6.10 Å². The van der Waals surface area contributed by atoms with E-state index in [0.29, 0.717) is 24.9 Å². The lowest BCUT2D eigenvalue weighted by molar-refractivity contribution is -0.147. The lowest BCUT2D eigenvalue weighted by Gasteiger charge is -2.16. The quantitative estimate of drug-likeness (QED) is 0.794. The summed E-state index contributed by atoms with van der Waals surface area (Å²) < 4.78 is 10.1. The standard InChI is InChI=1S/C16H17NO5/c1-10-9-13(16(20)21-10)22-15(19)11-4-6-12(7-5-11)17-8-2-3-14(17)18/h4-7,10,13H,2-3,8-9H2,1H3/t10-,13+/m0/s1. The molecule has 22 heavy (non-hydrogen) atoms. The molecule has 3 rings (SSSR count). The maximum atomic E-state index is 12.0. The van der Waals surface area contributed by atoms with Crippen LogP contribution < -0.4 is 4.90 Å². The second-order valence-corrected chi connectivity index (χ2v) is 5.57. The summed E-state index contributed by atoms with van der Waals surface area (Å²) in [5, 5.41) is 0. The van der Waals surface area contributed by atoms with Gasteiger partial charge in [-0.05, 0) is 37.6 Å². The minimum absolute atomic E-state index is 0.0954. The van der Waals surface area contributed by atoms with Crippen LogP contribution in [0.4, 0.5) is 5.69 Å². The molecule has 0 unspecified atom stereocenters. The fourth-order valence-electron chi connectivity index (χ4n) is 2.71. The Hall–Kier alpha value is -2.37. The highest BCUT2D eigenvalue weighted by Gasteiger charge is 2.35. The van der Waals surface area contributed by atoms with Gasteiger partial charge < -0.3 is 14.4 Å². The predicted octanol–water partition coefficient (Wildman–Crippen LogP) is 1.67. The highest BCUT2D eigenvalue weighted by molar-refractivity contribution is 5.96. The number of cyclic esters (lactones) is 1. The van der Waals surface area contributed by atoms with Crippen LogP contribution in [0.15, 0.2) is 24.3 Å². The van der Waals surface area contributed by atoms with E-state index in [1.807, 2.05) is 0 Å². The SMILES string of the molecule is C[C@H]1C[C@@H](OC(=O)c2ccc(N3CCCC3=O)cc2)C(=O)O1. The van der Waals surface area contributed by atoms with Crippen molar-refractivity contribution < 1.29 is 23.9 Å². The molecule has 0 radical (unpaired) electrons. The number of rotatable bonds is 3. The van der Waals surface area contributed by atoms with E-state index >= 15 is 0 Å². The third-order valence-corrected chi connectivity index (χ3v) is 3.86. The fourth-order valence-corrected chi connectivity index (χ4v) is 2.71. The zero-order chi connectivity index (χ0) is 15.7. The van der Waals surface area contributed by atoms with Gasteiger partial charge in [0.2, 0.25) is 12.0 Å². The van der Waals surface area contributed by atoms with Gasteiger partial charge in [0.15, 0.2) is 0 Å². The van der Waals surface area contributed by atoms with Crippen molar-refractivity contribution in [2.24, 2.45) is 0 Å². The van der Waals surface area contributed by atoms with E-state index in [1.54, 1.807) is 36.1 Å². The monoisotopic (exact) mass is 303 g/mol. The van der Waals surface area contributed by atoms with E-state index in [0.717, 1.165) is 12.1 Å². The van der Waals surface area contributed by atoms with Crippen LogP contribution >= 0.6 is 0 Å². The van der Waals surface area contributed by atoms with Gasteiger partial charge >= 0.3 is 11.9 Å². The van der Waals surface area contributed by atoms with Crippen molar-refractivity contribution in [3.63, 3.8) is 0 Å². The molecular weight excluding hydrogens is 286 g/mol. The molecule has 1 aromatic carbocycles. The van der Waals surface area contributed by atoms with Gasteiger partial charge in [0, 0.05) is 25.1 Å². The average Bonchev–Trinajstić information content (AvgIpc) is 3.05. The van der Waals surface area contributed by atoms with Crippen molar-refractivity contribution in [3.05, 3.63) is 29.8 Å². The molecule has 6 nitrogen and oxygen atoms in total. The van der Waals surface area contributed by atoms with Crippen LogP contribution in [-0.4, -0.2) is 36.6 Å². The van der Waals surface area contributed by atoms with Gasteiger partial charge in [0.05, 0.1) is 5.56 Å². The Labute approximate surface area is 128 Å². The molecule has 6 heteroatoms. The summed E-state index contributed by atoms with van der Waals surface area (Å²) in [6.07, 6.45) is 0.734. The largest absolute Gasteiger partial charge is 0.460 e. The van der Waals surface area contributed by atoms with Crippen LogP contribution in [0.2, 0.25) is 0 Å². The molecule has 2 fully saturated rings. The number of amides is 1. The third-order valence-electron chi connectivity index (χ3n) is 3.86. The van der Waals surface area contributed by atoms with Gasteiger partial charge in [0.25, 0.3) is 0 Å². The lowest BCUT2D eigenvalue weighted by atomic mass is 10.2. The minimum atomic E-state index is -0.831. The molecule has 0 saturated carbocycles. The first-order valence-corrected chi connectivity index (χ1v) is 7.36. The molecule has 1 aromatic rings. The zero-order valence-corrected chi connectivity index (χ0v) is 12.3. The van der Waals surface area contributed by atoms with Gasteiger partial charge in [-0.1, -0.05) is 0 Å². The van der Waals surface area contributed by atoms with Gasteiger partial charge in [-0.2, -0.15) is 0 Å². The number of benzene rings is 1. The Kier molecular flexibility index (Phi) is 3.83. The van der Waals surface area contributed by atoms with E-state index in [2.05, 4.69) is 0 Å². The smallest absolute Gasteiger partial charge is 0.347 e. The van der Waals surface area contributed by atoms with Crippen molar-refractivity contribution in [2.45, 2.75) is 38.4 Å². The van der Waals surface area contributed by atoms with E-state index in [9.17, 15) is 14.4 Å². The summed E-state index contributed by atoms with van der Waals surface area (Å²) in [6.45, 7) is 2.46. The highest BCUT2D eigenvalue weighted by Crippen LogP contribution is 2.23. The summed E-state index contributed by atoms with van der Waals surface area (Å²) in [4.78, 5) is 36.9. The second-order valence-electron chi connectivity index (χ2n) is 5.57. The number of anilines is 1. The van der Waals surface area contributed by atoms with Gasteiger partial charge in [-0.25, -0.2) is 9.59 Å². The maximum absolute atomic E-state index is 12.0. The maximum Gasteiger partial charge on any atom is 0.347 e. The van der Waals surface area contributed by atoms with Crippen LogP contribution in [0.1, 0.15) is 36.5 Å². The summed E-state index contributed by atoms with van der Waals surface area (Å²) in [5.41, 5.74) is 1.12. The molecule has 0 spiro atoms. The number of nitrogens with zero attached hydrogens (tertiary/aromatic N) is 1. The molecule has 2 heterocycles. The molecule has 0 aliphatic carbocycles. The van der Waals surface area contributed by atoms with E-state index in [4.69, 9.17) is 9.47 Å². The van der Waals surface area contributed by atoms with Crippen molar-refractivity contribution in [3.8, 4) is 0 Å². The van der Waals surface area contributed by atoms with Crippen LogP contribution in [-0.2, 0) is 19.1 Å². The lowest BCUT2D eigenvalue weighted by Crippen LogP contribution is -2.24.